The average Bonchev–Trinajstić information content (AvgIpc) is 3.17. The molecule has 1 atom stereocenters. The Hall–Kier alpha value is -1.89. The zero-order valence-corrected chi connectivity index (χ0v) is 13.3. The molecule has 7 heteroatoms. The zero-order valence-electron chi connectivity index (χ0n) is 12.5. The molecule has 0 saturated heterocycles. The van der Waals surface area contributed by atoms with Crippen LogP contribution in [0.2, 0.25) is 0 Å². The third kappa shape index (κ3) is 4.84. The first-order valence-electron chi connectivity index (χ1n) is 7.38. The summed E-state index contributed by atoms with van der Waals surface area (Å²) >= 11 is 1.29. The summed E-state index contributed by atoms with van der Waals surface area (Å²) in [5.74, 6) is -1.24. The number of amides is 2. The van der Waals surface area contributed by atoms with E-state index in [0.717, 1.165) is 25.7 Å². The van der Waals surface area contributed by atoms with Crippen LogP contribution in [-0.4, -0.2) is 36.5 Å². The van der Waals surface area contributed by atoms with Crippen molar-refractivity contribution in [3.05, 3.63) is 22.4 Å². The Kier molecular flexibility index (Phi) is 5.94. The Morgan fingerprint density at radius 3 is 2.73 bits per heavy atom. The number of thiophene rings is 1. The lowest BCUT2D eigenvalue weighted by Gasteiger charge is -2.17. The van der Waals surface area contributed by atoms with Crippen LogP contribution in [0.4, 0.5) is 0 Å². The zero-order chi connectivity index (χ0) is 15.9. The standard InChI is InChI=1S/C15H20N2O4S/c1-10(14(19)17-11-5-2-3-6-11)21-13(18)9-16-15(20)12-7-4-8-22-12/h4,7-8,10-11H,2-3,5-6,9H2,1H3,(H,16,20)(H,17,19)/t10-/m1/s1. The van der Waals surface area contributed by atoms with E-state index in [-0.39, 0.29) is 24.4 Å². The van der Waals surface area contributed by atoms with Crippen LogP contribution >= 0.6 is 11.3 Å². The normalized spacial score (nSPS) is 16.0. The van der Waals surface area contributed by atoms with Crippen molar-refractivity contribution >= 4 is 29.1 Å². The molecule has 0 radical (unpaired) electrons. The van der Waals surface area contributed by atoms with E-state index in [2.05, 4.69) is 10.6 Å². The summed E-state index contributed by atoms with van der Waals surface area (Å²) in [6.07, 6.45) is 3.33. The highest BCUT2D eigenvalue weighted by Crippen LogP contribution is 2.17. The maximum Gasteiger partial charge on any atom is 0.326 e. The second kappa shape index (κ2) is 7.93. The summed E-state index contributed by atoms with van der Waals surface area (Å²) < 4.78 is 5.03. The highest BCUT2D eigenvalue weighted by molar-refractivity contribution is 7.12. The minimum absolute atomic E-state index is 0.187. The molecule has 0 bridgehead atoms. The van der Waals surface area contributed by atoms with Crippen molar-refractivity contribution in [2.45, 2.75) is 44.8 Å². The minimum Gasteiger partial charge on any atom is -0.451 e. The van der Waals surface area contributed by atoms with E-state index >= 15 is 0 Å². The van der Waals surface area contributed by atoms with E-state index < -0.39 is 12.1 Å². The summed E-state index contributed by atoms with van der Waals surface area (Å²) in [6.45, 7) is 1.28. The first-order valence-corrected chi connectivity index (χ1v) is 8.26. The van der Waals surface area contributed by atoms with E-state index in [4.69, 9.17) is 4.74 Å². The van der Waals surface area contributed by atoms with Crippen LogP contribution < -0.4 is 10.6 Å². The molecule has 1 fully saturated rings. The van der Waals surface area contributed by atoms with Crippen LogP contribution in [0, 0.1) is 0 Å². The van der Waals surface area contributed by atoms with Crippen LogP contribution in [0.25, 0.3) is 0 Å². The molecule has 0 unspecified atom stereocenters. The molecule has 0 aliphatic heterocycles. The lowest BCUT2D eigenvalue weighted by atomic mass is 10.2. The number of esters is 1. The molecule has 1 aliphatic carbocycles. The van der Waals surface area contributed by atoms with Gasteiger partial charge in [-0.1, -0.05) is 18.9 Å². The van der Waals surface area contributed by atoms with Gasteiger partial charge in [0.1, 0.15) is 6.54 Å². The maximum atomic E-state index is 11.9. The average molecular weight is 324 g/mol. The van der Waals surface area contributed by atoms with Crippen LogP contribution in [0.5, 0.6) is 0 Å². The molecule has 22 heavy (non-hydrogen) atoms. The molecule has 1 heterocycles. The number of hydrogen-bond acceptors (Lipinski definition) is 5. The lowest BCUT2D eigenvalue weighted by Crippen LogP contribution is -2.42. The van der Waals surface area contributed by atoms with Crippen molar-refractivity contribution in [3.63, 3.8) is 0 Å². The van der Waals surface area contributed by atoms with Crippen molar-refractivity contribution in [1.82, 2.24) is 10.6 Å². The van der Waals surface area contributed by atoms with Gasteiger partial charge >= 0.3 is 5.97 Å². The molecule has 120 valence electrons. The van der Waals surface area contributed by atoms with E-state index in [9.17, 15) is 14.4 Å². The monoisotopic (exact) mass is 324 g/mol. The van der Waals surface area contributed by atoms with Gasteiger partial charge in [-0.15, -0.1) is 11.3 Å². The van der Waals surface area contributed by atoms with Gasteiger partial charge < -0.3 is 15.4 Å². The van der Waals surface area contributed by atoms with Gasteiger partial charge in [0.25, 0.3) is 11.8 Å². The van der Waals surface area contributed by atoms with Crippen molar-refractivity contribution in [2.24, 2.45) is 0 Å². The molecular weight excluding hydrogens is 304 g/mol. The Morgan fingerprint density at radius 1 is 1.36 bits per heavy atom. The number of ether oxygens (including phenoxy) is 1. The van der Waals surface area contributed by atoms with Gasteiger partial charge in [0.05, 0.1) is 4.88 Å². The highest BCUT2D eigenvalue weighted by atomic mass is 32.1. The SMILES string of the molecule is C[C@@H](OC(=O)CNC(=O)c1cccs1)C(=O)NC1CCCC1. The van der Waals surface area contributed by atoms with Crippen LogP contribution in [0.3, 0.4) is 0 Å². The molecule has 2 rings (SSSR count). The van der Waals surface area contributed by atoms with Crippen molar-refractivity contribution < 1.29 is 19.1 Å². The third-order valence-electron chi connectivity index (χ3n) is 3.52. The molecule has 1 aliphatic rings. The van der Waals surface area contributed by atoms with Gasteiger partial charge in [-0.2, -0.15) is 0 Å². The first kappa shape index (κ1) is 16.5. The number of nitrogens with one attached hydrogen (secondary N) is 2. The van der Waals surface area contributed by atoms with E-state index in [1.54, 1.807) is 17.5 Å². The summed E-state index contributed by atoms with van der Waals surface area (Å²) in [5, 5.41) is 7.12. The first-order chi connectivity index (χ1) is 10.6. The van der Waals surface area contributed by atoms with E-state index in [1.807, 2.05) is 0 Å². The molecule has 1 saturated carbocycles. The second-order valence-corrected chi connectivity index (χ2v) is 6.23. The summed E-state index contributed by atoms with van der Waals surface area (Å²) in [5.41, 5.74) is 0. The Bertz CT molecular complexity index is 524. The predicted octanol–water partition coefficient (Wildman–Crippen LogP) is 1.47. The van der Waals surface area contributed by atoms with Crippen LogP contribution in [-0.2, 0) is 14.3 Å². The lowest BCUT2D eigenvalue weighted by molar-refractivity contribution is -0.154. The second-order valence-electron chi connectivity index (χ2n) is 5.28. The molecule has 1 aromatic rings. The van der Waals surface area contributed by atoms with Gasteiger partial charge in [-0.3, -0.25) is 14.4 Å². The van der Waals surface area contributed by atoms with Crippen LogP contribution in [0.1, 0.15) is 42.3 Å². The number of carbonyl (C=O) groups is 3. The molecule has 2 amide bonds. The third-order valence-corrected chi connectivity index (χ3v) is 4.39. The maximum absolute atomic E-state index is 11.9. The fourth-order valence-corrected chi connectivity index (χ4v) is 2.97. The number of hydrogen-bond donors (Lipinski definition) is 2. The summed E-state index contributed by atoms with van der Waals surface area (Å²) in [4.78, 5) is 35.7. The smallest absolute Gasteiger partial charge is 0.326 e. The molecular formula is C15H20N2O4S. The van der Waals surface area contributed by atoms with Crippen molar-refractivity contribution in [3.8, 4) is 0 Å². The Labute approximate surface area is 133 Å². The highest BCUT2D eigenvalue weighted by Gasteiger charge is 2.23. The number of rotatable bonds is 6. The van der Waals surface area contributed by atoms with Gasteiger partial charge in [0, 0.05) is 6.04 Å². The molecule has 2 N–H and O–H groups in total. The van der Waals surface area contributed by atoms with E-state index in [1.165, 1.54) is 18.3 Å². The topological polar surface area (TPSA) is 84.5 Å². The fraction of sp³-hybridized carbons (Fsp3) is 0.533. The molecule has 0 spiro atoms. The van der Waals surface area contributed by atoms with Gasteiger partial charge in [-0.25, -0.2) is 0 Å². The van der Waals surface area contributed by atoms with Gasteiger partial charge in [0.15, 0.2) is 6.10 Å². The Morgan fingerprint density at radius 2 is 2.09 bits per heavy atom. The van der Waals surface area contributed by atoms with E-state index in [0.29, 0.717) is 4.88 Å². The number of carbonyl (C=O) groups excluding carboxylic acids is 3. The molecule has 0 aromatic carbocycles. The van der Waals surface area contributed by atoms with Crippen molar-refractivity contribution in [1.29, 1.82) is 0 Å². The minimum atomic E-state index is -0.855. The van der Waals surface area contributed by atoms with Gasteiger partial charge in [0.2, 0.25) is 0 Å². The molecule has 1 aromatic heterocycles. The quantitative estimate of drug-likeness (QED) is 0.776. The Balaban J connectivity index is 1.69. The van der Waals surface area contributed by atoms with Crippen LogP contribution in [0.15, 0.2) is 17.5 Å². The summed E-state index contributed by atoms with van der Waals surface area (Å²) in [7, 11) is 0. The largest absolute Gasteiger partial charge is 0.451 e. The van der Waals surface area contributed by atoms with Crippen molar-refractivity contribution in [2.75, 3.05) is 6.54 Å². The fourth-order valence-electron chi connectivity index (χ4n) is 2.33. The molecule has 6 nitrogen and oxygen atoms in total. The predicted molar refractivity (Wildman–Crippen MR) is 82.6 cm³/mol. The van der Waals surface area contributed by atoms with Gasteiger partial charge in [-0.05, 0) is 31.2 Å². The summed E-state index contributed by atoms with van der Waals surface area (Å²) in [6, 6.07) is 3.61.